The molecule has 0 unspecified atom stereocenters. The summed E-state index contributed by atoms with van der Waals surface area (Å²) in [7, 11) is -3.23. The SMILES string of the molecule is CCCc1nc2c(n1CC(C)(C)NS(C)(=O)=O)CCNC2. The van der Waals surface area contributed by atoms with E-state index >= 15 is 0 Å². The van der Waals surface area contributed by atoms with Crippen molar-refractivity contribution in [3.63, 3.8) is 0 Å². The van der Waals surface area contributed by atoms with Gasteiger partial charge >= 0.3 is 0 Å². The highest BCUT2D eigenvalue weighted by Crippen LogP contribution is 2.20. The van der Waals surface area contributed by atoms with E-state index in [1.807, 2.05) is 13.8 Å². The average Bonchev–Trinajstić information content (AvgIpc) is 2.65. The molecular formula is C14H26N4O2S. The summed E-state index contributed by atoms with van der Waals surface area (Å²) in [4.78, 5) is 4.74. The van der Waals surface area contributed by atoms with E-state index in [4.69, 9.17) is 4.98 Å². The molecule has 21 heavy (non-hydrogen) atoms. The van der Waals surface area contributed by atoms with Crippen molar-refractivity contribution in [2.75, 3.05) is 12.8 Å². The molecule has 0 aromatic carbocycles. The third-order valence-electron chi connectivity index (χ3n) is 3.55. The van der Waals surface area contributed by atoms with Gasteiger partial charge in [0.05, 0.1) is 11.9 Å². The van der Waals surface area contributed by atoms with Crippen LogP contribution in [0, 0.1) is 0 Å². The standard InChI is InChI=1S/C14H26N4O2S/c1-5-6-13-16-11-9-15-8-7-12(11)18(13)10-14(2,3)17-21(4,19)20/h15,17H,5-10H2,1-4H3. The predicted octanol–water partition coefficient (Wildman–Crippen LogP) is 0.809. The van der Waals surface area contributed by atoms with Crippen LogP contribution in [0.4, 0.5) is 0 Å². The molecule has 0 spiro atoms. The molecule has 0 amide bonds. The van der Waals surface area contributed by atoms with E-state index in [2.05, 4.69) is 21.5 Å². The van der Waals surface area contributed by atoms with Gasteiger partial charge in [-0.15, -0.1) is 0 Å². The summed E-state index contributed by atoms with van der Waals surface area (Å²) in [6.45, 7) is 8.32. The molecule has 0 radical (unpaired) electrons. The van der Waals surface area contributed by atoms with Gasteiger partial charge in [0.25, 0.3) is 0 Å². The van der Waals surface area contributed by atoms with Crippen molar-refractivity contribution >= 4 is 10.0 Å². The summed E-state index contributed by atoms with van der Waals surface area (Å²) in [6.07, 6.45) is 4.10. The van der Waals surface area contributed by atoms with Crippen LogP contribution in [0.2, 0.25) is 0 Å². The molecule has 1 aromatic rings. The third-order valence-corrected chi connectivity index (χ3v) is 4.48. The highest BCUT2D eigenvalue weighted by molar-refractivity contribution is 7.88. The maximum absolute atomic E-state index is 11.5. The van der Waals surface area contributed by atoms with E-state index in [0.29, 0.717) is 6.54 Å². The second kappa shape index (κ2) is 6.06. The van der Waals surface area contributed by atoms with Crippen molar-refractivity contribution in [1.29, 1.82) is 0 Å². The van der Waals surface area contributed by atoms with E-state index in [1.165, 1.54) is 11.9 Å². The highest BCUT2D eigenvalue weighted by Gasteiger charge is 2.27. The lowest BCUT2D eigenvalue weighted by molar-refractivity contribution is 0.376. The first-order valence-corrected chi connectivity index (χ1v) is 9.38. The van der Waals surface area contributed by atoms with E-state index in [0.717, 1.165) is 43.9 Å². The van der Waals surface area contributed by atoms with Crippen LogP contribution in [-0.2, 0) is 36.0 Å². The van der Waals surface area contributed by atoms with Crippen LogP contribution in [0.25, 0.3) is 0 Å². The maximum Gasteiger partial charge on any atom is 0.209 e. The van der Waals surface area contributed by atoms with Gasteiger partial charge in [0.1, 0.15) is 5.82 Å². The Bertz CT molecular complexity index is 605. The molecule has 0 fully saturated rings. The van der Waals surface area contributed by atoms with Crippen molar-refractivity contribution in [1.82, 2.24) is 19.6 Å². The van der Waals surface area contributed by atoms with E-state index in [-0.39, 0.29) is 0 Å². The number of hydrogen-bond acceptors (Lipinski definition) is 4. The van der Waals surface area contributed by atoms with E-state index < -0.39 is 15.6 Å². The Morgan fingerprint density at radius 2 is 2.14 bits per heavy atom. The molecule has 0 saturated carbocycles. The largest absolute Gasteiger partial charge is 0.330 e. The normalized spacial score (nSPS) is 16.0. The molecule has 0 bridgehead atoms. The zero-order valence-corrected chi connectivity index (χ0v) is 14.2. The number of nitrogens with zero attached hydrogens (tertiary/aromatic N) is 2. The van der Waals surface area contributed by atoms with Gasteiger partial charge in [0, 0.05) is 43.7 Å². The van der Waals surface area contributed by atoms with Gasteiger partial charge in [0.15, 0.2) is 0 Å². The Kier molecular flexibility index (Phi) is 4.75. The Morgan fingerprint density at radius 3 is 2.76 bits per heavy atom. The Balaban J connectivity index is 2.31. The zero-order chi connectivity index (χ0) is 15.7. The van der Waals surface area contributed by atoms with Gasteiger partial charge in [0.2, 0.25) is 10.0 Å². The minimum absolute atomic E-state index is 0.532. The molecule has 2 rings (SSSR count). The van der Waals surface area contributed by atoms with Crippen molar-refractivity contribution in [3.05, 3.63) is 17.2 Å². The van der Waals surface area contributed by atoms with Crippen molar-refractivity contribution in [2.24, 2.45) is 0 Å². The van der Waals surface area contributed by atoms with E-state index in [9.17, 15) is 8.42 Å². The smallest absolute Gasteiger partial charge is 0.209 e. The van der Waals surface area contributed by atoms with Crippen LogP contribution in [-0.4, -0.2) is 36.3 Å². The number of fused-ring (bicyclic) bond motifs is 1. The lowest BCUT2D eigenvalue weighted by Gasteiger charge is -2.28. The Hall–Kier alpha value is -0.920. The fourth-order valence-corrected chi connectivity index (χ4v) is 4.03. The molecule has 1 aliphatic heterocycles. The Labute approximate surface area is 127 Å². The van der Waals surface area contributed by atoms with Gasteiger partial charge in [-0.3, -0.25) is 0 Å². The van der Waals surface area contributed by atoms with Crippen LogP contribution in [0.5, 0.6) is 0 Å². The fraction of sp³-hybridized carbons (Fsp3) is 0.786. The van der Waals surface area contributed by atoms with Gasteiger partial charge < -0.3 is 9.88 Å². The predicted molar refractivity (Wildman–Crippen MR) is 83.7 cm³/mol. The van der Waals surface area contributed by atoms with Crippen LogP contribution in [0.15, 0.2) is 0 Å². The zero-order valence-electron chi connectivity index (χ0n) is 13.4. The topological polar surface area (TPSA) is 76.0 Å². The number of aryl methyl sites for hydroxylation is 1. The summed E-state index contributed by atoms with van der Waals surface area (Å²) >= 11 is 0. The molecule has 7 heteroatoms. The Morgan fingerprint density at radius 1 is 1.43 bits per heavy atom. The average molecular weight is 314 g/mol. The number of rotatable bonds is 6. The van der Waals surface area contributed by atoms with Crippen LogP contribution < -0.4 is 10.0 Å². The van der Waals surface area contributed by atoms with Crippen molar-refractivity contribution in [3.8, 4) is 0 Å². The fourth-order valence-electron chi connectivity index (χ4n) is 2.96. The molecule has 6 nitrogen and oxygen atoms in total. The van der Waals surface area contributed by atoms with Crippen LogP contribution >= 0.6 is 0 Å². The monoisotopic (exact) mass is 314 g/mol. The molecule has 120 valence electrons. The number of aromatic nitrogens is 2. The molecule has 1 aromatic heterocycles. The first-order chi connectivity index (χ1) is 9.72. The van der Waals surface area contributed by atoms with Crippen LogP contribution in [0.1, 0.15) is 44.4 Å². The number of imidazole rings is 1. The van der Waals surface area contributed by atoms with Gasteiger partial charge in [-0.25, -0.2) is 18.1 Å². The number of hydrogen-bond donors (Lipinski definition) is 2. The molecule has 0 saturated heterocycles. The second-order valence-corrected chi connectivity index (χ2v) is 8.19. The number of sulfonamides is 1. The molecule has 2 heterocycles. The molecule has 1 aliphatic rings. The van der Waals surface area contributed by atoms with Gasteiger partial charge in [-0.05, 0) is 20.3 Å². The minimum atomic E-state index is -3.23. The molecule has 2 N–H and O–H groups in total. The maximum atomic E-state index is 11.5. The third kappa shape index (κ3) is 4.28. The van der Waals surface area contributed by atoms with Gasteiger partial charge in [-0.2, -0.15) is 0 Å². The first kappa shape index (κ1) is 16.5. The number of nitrogens with one attached hydrogen (secondary N) is 2. The minimum Gasteiger partial charge on any atom is -0.330 e. The lowest BCUT2D eigenvalue weighted by atomic mass is 10.1. The first-order valence-electron chi connectivity index (χ1n) is 7.48. The molecular weight excluding hydrogens is 288 g/mol. The van der Waals surface area contributed by atoms with E-state index in [1.54, 1.807) is 0 Å². The second-order valence-electron chi connectivity index (χ2n) is 6.44. The van der Waals surface area contributed by atoms with Crippen molar-refractivity contribution < 1.29 is 8.42 Å². The summed E-state index contributed by atoms with van der Waals surface area (Å²) in [5.41, 5.74) is 1.83. The lowest BCUT2D eigenvalue weighted by Crippen LogP contribution is -2.46. The summed E-state index contributed by atoms with van der Waals surface area (Å²) in [5.74, 6) is 1.06. The molecule has 0 atom stereocenters. The van der Waals surface area contributed by atoms with Crippen LogP contribution in [0.3, 0.4) is 0 Å². The summed E-state index contributed by atoms with van der Waals surface area (Å²) in [5, 5.41) is 3.34. The van der Waals surface area contributed by atoms with Gasteiger partial charge in [-0.1, -0.05) is 6.92 Å². The summed E-state index contributed by atoms with van der Waals surface area (Å²) in [6, 6.07) is 0. The van der Waals surface area contributed by atoms with Crippen molar-refractivity contribution in [2.45, 2.75) is 58.7 Å². The molecule has 0 aliphatic carbocycles. The highest BCUT2D eigenvalue weighted by atomic mass is 32.2. The quantitative estimate of drug-likeness (QED) is 0.815. The summed E-state index contributed by atoms with van der Waals surface area (Å²) < 4.78 is 28.0.